The summed E-state index contributed by atoms with van der Waals surface area (Å²) in [5, 5.41) is 5.79. The Morgan fingerprint density at radius 3 is 3.04 bits per heavy atom. The number of hydrogen-bond donors (Lipinski definition) is 2. The second kappa shape index (κ2) is 7.85. The lowest BCUT2D eigenvalue weighted by molar-refractivity contribution is -0.113. The minimum Gasteiger partial charge on any atom is -0.461 e. The molecule has 1 amide bonds. The number of nitrogens with zero attached hydrogens (tertiary/aromatic N) is 2. The van der Waals surface area contributed by atoms with E-state index in [1.54, 1.807) is 24.4 Å². The summed E-state index contributed by atoms with van der Waals surface area (Å²) in [6, 6.07) is 5.35. The average molecular weight is 397 g/mol. The molecule has 0 aliphatic carbocycles. The minimum absolute atomic E-state index is 0.155. The van der Waals surface area contributed by atoms with Gasteiger partial charge in [0.05, 0.1) is 23.4 Å². The van der Waals surface area contributed by atoms with Crippen molar-refractivity contribution in [2.45, 2.75) is 12.1 Å². The van der Waals surface area contributed by atoms with Gasteiger partial charge in [0.1, 0.15) is 0 Å². The first-order chi connectivity index (χ1) is 12.0. The fourth-order valence-corrected chi connectivity index (χ4v) is 3.50. The SMILES string of the molecule is CCOC(=O)c1csc(NC(=O)CSc2nc3ccc(Cl)cc3[nH]2)n1. The molecule has 2 heterocycles. The van der Waals surface area contributed by atoms with Crippen molar-refractivity contribution in [1.29, 1.82) is 0 Å². The highest BCUT2D eigenvalue weighted by Gasteiger charge is 2.14. The van der Waals surface area contributed by atoms with E-state index in [9.17, 15) is 9.59 Å². The Hall–Kier alpha value is -2.10. The van der Waals surface area contributed by atoms with Gasteiger partial charge >= 0.3 is 5.97 Å². The third-order valence-corrected chi connectivity index (χ3v) is 4.86. The largest absolute Gasteiger partial charge is 0.461 e. The minimum atomic E-state index is -0.505. The topological polar surface area (TPSA) is 97.0 Å². The van der Waals surface area contributed by atoms with Gasteiger partial charge < -0.3 is 15.0 Å². The van der Waals surface area contributed by atoms with Crippen molar-refractivity contribution in [3.05, 3.63) is 34.3 Å². The van der Waals surface area contributed by atoms with Crippen LogP contribution in [0.15, 0.2) is 28.7 Å². The average Bonchev–Trinajstić information content (AvgIpc) is 3.19. The molecule has 0 aliphatic heterocycles. The number of carbonyl (C=O) groups is 2. The Bertz CT molecular complexity index is 925. The van der Waals surface area contributed by atoms with Gasteiger partial charge in [0.15, 0.2) is 16.0 Å². The number of thioether (sulfide) groups is 1. The molecule has 25 heavy (non-hydrogen) atoms. The summed E-state index contributed by atoms with van der Waals surface area (Å²) >= 11 is 8.36. The Labute approximate surface area is 156 Å². The normalized spacial score (nSPS) is 10.8. The van der Waals surface area contributed by atoms with Crippen LogP contribution in [0.2, 0.25) is 5.02 Å². The summed E-state index contributed by atoms with van der Waals surface area (Å²) in [4.78, 5) is 35.1. The summed E-state index contributed by atoms with van der Waals surface area (Å²) in [6.45, 7) is 1.99. The van der Waals surface area contributed by atoms with E-state index in [1.807, 2.05) is 6.07 Å². The first kappa shape index (κ1) is 17.7. The first-order valence-electron chi connectivity index (χ1n) is 7.25. The van der Waals surface area contributed by atoms with Gasteiger partial charge in [0.2, 0.25) is 5.91 Å². The van der Waals surface area contributed by atoms with E-state index in [0.29, 0.717) is 15.3 Å². The van der Waals surface area contributed by atoms with Crippen LogP contribution in [-0.4, -0.2) is 39.2 Å². The molecule has 0 bridgehead atoms. The fourth-order valence-electron chi connectivity index (χ4n) is 1.95. The summed E-state index contributed by atoms with van der Waals surface area (Å²) in [5.74, 6) is -0.593. The number of aromatic nitrogens is 3. The number of esters is 1. The van der Waals surface area contributed by atoms with Gasteiger partial charge in [-0.05, 0) is 25.1 Å². The lowest BCUT2D eigenvalue weighted by Gasteiger charge is -2.00. The smallest absolute Gasteiger partial charge is 0.357 e. The second-order valence-corrected chi connectivity index (χ2v) is 7.06. The van der Waals surface area contributed by atoms with Crippen LogP contribution < -0.4 is 5.32 Å². The molecule has 0 fully saturated rings. The lowest BCUT2D eigenvalue weighted by atomic mass is 10.3. The highest BCUT2D eigenvalue weighted by Crippen LogP contribution is 2.23. The number of anilines is 1. The maximum absolute atomic E-state index is 12.0. The molecule has 1 aromatic carbocycles. The van der Waals surface area contributed by atoms with Gasteiger partial charge in [-0.15, -0.1) is 11.3 Å². The summed E-state index contributed by atoms with van der Waals surface area (Å²) in [5.41, 5.74) is 1.78. The van der Waals surface area contributed by atoms with Gasteiger partial charge in [-0.2, -0.15) is 0 Å². The van der Waals surface area contributed by atoms with Crippen molar-refractivity contribution in [2.75, 3.05) is 17.7 Å². The third-order valence-electron chi connectivity index (χ3n) is 3.00. The number of thiazole rings is 1. The van der Waals surface area contributed by atoms with Crippen LogP contribution in [0.25, 0.3) is 11.0 Å². The number of amides is 1. The zero-order chi connectivity index (χ0) is 17.8. The number of halogens is 1. The number of benzene rings is 1. The van der Waals surface area contributed by atoms with Gasteiger partial charge in [-0.1, -0.05) is 23.4 Å². The van der Waals surface area contributed by atoms with Crippen molar-refractivity contribution in [2.24, 2.45) is 0 Å². The van der Waals surface area contributed by atoms with E-state index in [4.69, 9.17) is 16.3 Å². The van der Waals surface area contributed by atoms with Crippen molar-refractivity contribution < 1.29 is 14.3 Å². The Morgan fingerprint density at radius 1 is 1.40 bits per heavy atom. The number of rotatable bonds is 6. The highest BCUT2D eigenvalue weighted by atomic mass is 35.5. The maximum Gasteiger partial charge on any atom is 0.357 e. The van der Waals surface area contributed by atoms with E-state index in [-0.39, 0.29) is 24.0 Å². The van der Waals surface area contributed by atoms with Crippen LogP contribution in [0.1, 0.15) is 17.4 Å². The number of H-pyrrole nitrogens is 1. The second-order valence-electron chi connectivity index (χ2n) is 4.80. The molecule has 3 rings (SSSR count). The van der Waals surface area contributed by atoms with Crippen LogP contribution in [0.4, 0.5) is 5.13 Å². The molecular formula is C15H13ClN4O3S2. The van der Waals surface area contributed by atoms with Crippen LogP contribution in [-0.2, 0) is 9.53 Å². The molecule has 0 unspecified atom stereocenters. The Kier molecular flexibility index (Phi) is 5.57. The lowest BCUT2D eigenvalue weighted by Crippen LogP contribution is -2.14. The summed E-state index contributed by atoms with van der Waals surface area (Å²) < 4.78 is 4.86. The van der Waals surface area contributed by atoms with Crippen LogP contribution in [0.5, 0.6) is 0 Å². The molecule has 0 saturated heterocycles. The van der Waals surface area contributed by atoms with Crippen molar-refractivity contribution >= 4 is 62.7 Å². The number of fused-ring (bicyclic) bond motifs is 1. The number of aromatic amines is 1. The Morgan fingerprint density at radius 2 is 2.24 bits per heavy atom. The van der Waals surface area contributed by atoms with Crippen molar-refractivity contribution in [3.8, 4) is 0 Å². The van der Waals surface area contributed by atoms with E-state index < -0.39 is 5.97 Å². The van der Waals surface area contributed by atoms with Crippen LogP contribution >= 0.6 is 34.7 Å². The number of hydrogen-bond acceptors (Lipinski definition) is 7. The quantitative estimate of drug-likeness (QED) is 0.488. The predicted molar refractivity (Wildman–Crippen MR) is 98.5 cm³/mol. The van der Waals surface area contributed by atoms with Gasteiger partial charge in [0, 0.05) is 10.4 Å². The van der Waals surface area contributed by atoms with Crippen molar-refractivity contribution in [1.82, 2.24) is 15.0 Å². The number of carbonyl (C=O) groups excluding carboxylic acids is 2. The molecule has 0 aliphatic rings. The molecule has 2 N–H and O–H groups in total. The molecule has 7 nitrogen and oxygen atoms in total. The highest BCUT2D eigenvalue weighted by molar-refractivity contribution is 7.99. The molecular weight excluding hydrogens is 384 g/mol. The first-order valence-corrected chi connectivity index (χ1v) is 9.50. The van der Waals surface area contributed by atoms with Gasteiger partial charge in [-0.3, -0.25) is 4.79 Å². The van der Waals surface area contributed by atoms with Gasteiger partial charge in [0.25, 0.3) is 0 Å². The molecule has 10 heteroatoms. The van der Waals surface area contributed by atoms with E-state index >= 15 is 0 Å². The standard InChI is InChI=1S/C15H13ClN4O3S2/c1-2-23-13(22)11-6-24-15(19-11)20-12(21)7-25-14-17-9-4-3-8(16)5-10(9)18-14/h3-6H,2,7H2,1H3,(H,17,18)(H,19,20,21). The molecule has 130 valence electrons. The van der Waals surface area contributed by atoms with E-state index in [0.717, 1.165) is 11.0 Å². The molecule has 3 aromatic rings. The number of imidazole rings is 1. The number of nitrogens with one attached hydrogen (secondary N) is 2. The molecule has 0 spiro atoms. The predicted octanol–water partition coefficient (Wildman–Crippen LogP) is 3.58. The third kappa shape index (κ3) is 4.50. The van der Waals surface area contributed by atoms with Crippen molar-refractivity contribution in [3.63, 3.8) is 0 Å². The van der Waals surface area contributed by atoms with Crippen LogP contribution in [0.3, 0.4) is 0 Å². The number of ether oxygens (including phenoxy) is 1. The molecule has 0 atom stereocenters. The molecule has 0 radical (unpaired) electrons. The Balaban J connectivity index is 1.56. The van der Waals surface area contributed by atoms with E-state index in [1.165, 1.54) is 23.1 Å². The zero-order valence-corrected chi connectivity index (χ0v) is 15.4. The summed E-state index contributed by atoms with van der Waals surface area (Å²) in [7, 11) is 0. The van der Waals surface area contributed by atoms with Gasteiger partial charge in [-0.25, -0.2) is 14.8 Å². The van der Waals surface area contributed by atoms with E-state index in [2.05, 4.69) is 20.3 Å². The fraction of sp³-hybridized carbons (Fsp3) is 0.200. The zero-order valence-electron chi connectivity index (χ0n) is 13.0. The maximum atomic E-state index is 12.0. The molecule has 0 saturated carbocycles. The summed E-state index contributed by atoms with van der Waals surface area (Å²) in [6.07, 6.45) is 0. The molecule has 2 aromatic heterocycles. The van der Waals surface area contributed by atoms with Crippen LogP contribution in [0, 0.1) is 0 Å². The monoisotopic (exact) mass is 396 g/mol.